The van der Waals surface area contributed by atoms with E-state index in [9.17, 15) is 5.11 Å². The predicted octanol–water partition coefficient (Wildman–Crippen LogP) is 6.62. The van der Waals surface area contributed by atoms with Crippen LogP contribution < -0.4 is 0 Å². The van der Waals surface area contributed by atoms with E-state index in [0.717, 1.165) is 5.39 Å². The highest BCUT2D eigenvalue weighted by molar-refractivity contribution is 6.21. The predicted molar refractivity (Wildman–Crippen MR) is 108 cm³/mol. The van der Waals surface area contributed by atoms with Crippen molar-refractivity contribution in [1.82, 2.24) is 0 Å². The van der Waals surface area contributed by atoms with E-state index in [4.69, 9.17) is 0 Å². The van der Waals surface area contributed by atoms with Gasteiger partial charge in [0.1, 0.15) is 5.75 Å². The molecule has 0 fully saturated rings. The fourth-order valence-electron chi connectivity index (χ4n) is 4.29. The van der Waals surface area contributed by atoms with E-state index >= 15 is 0 Å². The van der Waals surface area contributed by atoms with Gasteiger partial charge in [0.15, 0.2) is 0 Å². The van der Waals surface area contributed by atoms with E-state index < -0.39 is 0 Å². The zero-order chi connectivity index (χ0) is 17.1. The average molecular weight is 322 g/mol. The summed E-state index contributed by atoms with van der Waals surface area (Å²) in [6.45, 7) is 4.44. The number of hydrogen-bond donors (Lipinski definition) is 1. The molecule has 25 heavy (non-hydrogen) atoms. The molecule has 0 unspecified atom stereocenters. The maximum absolute atomic E-state index is 9.84. The lowest BCUT2D eigenvalue weighted by Crippen LogP contribution is -1.91. The van der Waals surface area contributed by atoms with Crippen LogP contribution in [-0.4, -0.2) is 5.11 Å². The van der Waals surface area contributed by atoms with Crippen LogP contribution in [0.5, 0.6) is 5.75 Å². The summed E-state index contributed by atoms with van der Waals surface area (Å²) in [5.74, 6) is 0.312. The second-order valence-corrected chi connectivity index (χ2v) is 6.85. The summed E-state index contributed by atoms with van der Waals surface area (Å²) in [6.07, 6.45) is 0. The summed E-state index contributed by atoms with van der Waals surface area (Å²) in [4.78, 5) is 0. The van der Waals surface area contributed by atoms with E-state index in [1.165, 1.54) is 48.8 Å². The van der Waals surface area contributed by atoms with E-state index in [-0.39, 0.29) is 0 Å². The molecule has 0 saturated carbocycles. The minimum atomic E-state index is 0.312. The zero-order valence-corrected chi connectivity index (χ0v) is 14.3. The Morgan fingerprint density at radius 3 is 1.92 bits per heavy atom. The Morgan fingerprint density at radius 2 is 1.16 bits per heavy atom. The lowest BCUT2D eigenvalue weighted by molar-refractivity contribution is 0.476. The molecule has 0 aromatic heterocycles. The SMILES string of the molecule is Cc1c2ccc3ccccc3c2c(C)c2c1ccc1cc(O)ccc12. The largest absolute Gasteiger partial charge is 0.508 e. The van der Waals surface area contributed by atoms with Crippen molar-refractivity contribution >= 4 is 43.1 Å². The Bertz CT molecular complexity index is 1310. The molecule has 1 heteroatoms. The van der Waals surface area contributed by atoms with Crippen LogP contribution in [-0.2, 0) is 0 Å². The number of phenols is 1. The minimum absolute atomic E-state index is 0.312. The third-order valence-electron chi connectivity index (χ3n) is 5.49. The van der Waals surface area contributed by atoms with Crippen molar-refractivity contribution < 1.29 is 5.11 Å². The molecule has 0 bridgehead atoms. The number of aryl methyl sites for hydroxylation is 2. The van der Waals surface area contributed by atoms with Crippen LogP contribution in [0.15, 0.2) is 66.7 Å². The van der Waals surface area contributed by atoms with E-state index in [1.54, 1.807) is 6.07 Å². The third-order valence-corrected chi connectivity index (χ3v) is 5.49. The number of rotatable bonds is 0. The van der Waals surface area contributed by atoms with Crippen LogP contribution in [0.4, 0.5) is 0 Å². The summed E-state index contributed by atoms with van der Waals surface area (Å²) in [5.41, 5.74) is 2.63. The zero-order valence-electron chi connectivity index (χ0n) is 14.3. The van der Waals surface area contributed by atoms with Gasteiger partial charge in [0, 0.05) is 0 Å². The summed E-state index contributed by atoms with van der Waals surface area (Å²) in [7, 11) is 0. The molecular weight excluding hydrogens is 304 g/mol. The van der Waals surface area contributed by atoms with Gasteiger partial charge in [-0.25, -0.2) is 0 Å². The monoisotopic (exact) mass is 322 g/mol. The molecule has 0 heterocycles. The molecule has 0 aliphatic carbocycles. The second kappa shape index (κ2) is 4.97. The summed E-state index contributed by atoms with van der Waals surface area (Å²) < 4.78 is 0. The quantitative estimate of drug-likeness (QED) is 0.251. The second-order valence-electron chi connectivity index (χ2n) is 6.85. The molecule has 1 nitrogen and oxygen atoms in total. The molecule has 120 valence electrons. The highest BCUT2D eigenvalue weighted by Crippen LogP contribution is 2.39. The normalized spacial score (nSPS) is 11.8. The highest BCUT2D eigenvalue weighted by Gasteiger charge is 2.13. The Balaban J connectivity index is 2.12. The van der Waals surface area contributed by atoms with Crippen molar-refractivity contribution in [2.75, 3.05) is 0 Å². The fourth-order valence-corrected chi connectivity index (χ4v) is 4.29. The van der Waals surface area contributed by atoms with Crippen LogP contribution in [0.1, 0.15) is 11.1 Å². The Kier molecular flexibility index (Phi) is 2.84. The molecule has 0 amide bonds. The van der Waals surface area contributed by atoms with Gasteiger partial charge in [0.25, 0.3) is 0 Å². The van der Waals surface area contributed by atoms with Crippen molar-refractivity contribution in [3.8, 4) is 5.75 Å². The lowest BCUT2D eigenvalue weighted by Gasteiger charge is -2.16. The number of fused-ring (bicyclic) bond motifs is 6. The van der Waals surface area contributed by atoms with Gasteiger partial charge >= 0.3 is 0 Å². The van der Waals surface area contributed by atoms with Gasteiger partial charge in [-0.2, -0.15) is 0 Å². The van der Waals surface area contributed by atoms with E-state index in [1.807, 2.05) is 12.1 Å². The van der Waals surface area contributed by atoms with Gasteiger partial charge in [-0.15, -0.1) is 0 Å². The van der Waals surface area contributed by atoms with Crippen LogP contribution >= 0.6 is 0 Å². The van der Waals surface area contributed by atoms with Crippen molar-refractivity contribution in [3.05, 3.63) is 77.9 Å². The molecule has 0 atom stereocenters. The fraction of sp³-hybridized carbons (Fsp3) is 0.0833. The van der Waals surface area contributed by atoms with Gasteiger partial charge in [0.2, 0.25) is 0 Å². The number of hydrogen-bond acceptors (Lipinski definition) is 1. The maximum atomic E-state index is 9.84. The summed E-state index contributed by atoms with van der Waals surface area (Å²) in [5, 5.41) is 19.9. The molecule has 1 N–H and O–H groups in total. The van der Waals surface area contributed by atoms with Crippen LogP contribution in [0.2, 0.25) is 0 Å². The molecule has 0 spiro atoms. The van der Waals surface area contributed by atoms with Gasteiger partial charge in [-0.1, -0.05) is 54.6 Å². The van der Waals surface area contributed by atoms with Crippen molar-refractivity contribution in [3.63, 3.8) is 0 Å². The topological polar surface area (TPSA) is 20.2 Å². The number of aromatic hydroxyl groups is 1. The number of benzene rings is 5. The molecule has 0 aliphatic heterocycles. The summed E-state index contributed by atoms with van der Waals surface area (Å²) >= 11 is 0. The third kappa shape index (κ3) is 1.90. The van der Waals surface area contributed by atoms with Gasteiger partial charge in [-0.3, -0.25) is 0 Å². The van der Waals surface area contributed by atoms with Crippen LogP contribution in [0.3, 0.4) is 0 Å². The maximum Gasteiger partial charge on any atom is 0.116 e. The molecule has 5 aromatic carbocycles. The van der Waals surface area contributed by atoms with Crippen LogP contribution in [0, 0.1) is 13.8 Å². The molecule has 0 aliphatic rings. The van der Waals surface area contributed by atoms with Crippen molar-refractivity contribution in [1.29, 1.82) is 0 Å². The van der Waals surface area contributed by atoms with Crippen molar-refractivity contribution in [2.45, 2.75) is 13.8 Å². The molecule has 5 aromatic rings. The molecular formula is C24H18O. The first-order valence-corrected chi connectivity index (χ1v) is 8.61. The highest BCUT2D eigenvalue weighted by atomic mass is 16.3. The number of phenolic OH excluding ortho intramolecular Hbond substituents is 1. The Hall–Kier alpha value is -3.06. The first kappa shape index (κ1) is 14.3. The standard InChI is InChI=1S/C24H18O/c1-14-19-10-7-16-5-3-4-6-21(16)23(19)15(2)24-20(14)11-8-17-13-18(25)9-12-22(17)24/h3-13,25H,1-2H3. The van der Waals surface area contributed by atoms with E-state index in [0.29, 0.717) is 5.75 Å². The lowest BCUT2D eigenvalue weighted by atomic mass is 9.88. The molecule has 0 radical (unpaired) electrons. The van der Waals surface area contributed by atoms with Crippen molar-refractivity contribution in [2.24, 2.45) is 0 Å². The molecule has 0 saturated heterocycles. The Morgan fingerprint density at radius 1 is 0.560 bits per heavy atom. The first-order chi connectivity index (χ1) is 12.1. The van der Waals surface area contributed by atoms with Gasteiger partial charge in [-0.05, 0) is 80.2 Å². The molecule has 5 rings (SSSR count). The smallest absolute Gasteiger partial charge is 0.116 e. The van der Waals surface area contributed by atoms with E-state index in [2.05, 4.69) is 62.4 Å². The van der Waals surface area contributed by atoms with Crippen LogP contribution in [0.25, 0.3) is 43.1 Å². The Labute approximate surface area is 146 Å². The van der Waals surface area contributed by atoms with Gasteiger partial charge in [0.05, 0.1) is 0 Å². The summed E-state index contributed by atoms with van der Waals surface area (Å²) in [6, 6.07) is 23.0. The first-order valence-electron chi connectivity index (χ1n) is 8.61. The van der Waals surface area contributed by atoms with Gasteiger partial charge < -0.3 is 5.11 Å². The minimum Gasteiger partial charge on any atom is -0.508 e. The average Bonchev–Trinajstić information content (AvgIpc) is 2.64.